The molecule has 4 rings (SSSR count). The number of rotatable bonds is 6. The zero-order valence-corrected chi connectivity index (χ0v) is 29.0. The van der Waals surface area contributed by atoms with E-state index in [9.17, 15) is 26.4 Å². The summed E-state index contributed by atoms with van der Waals surface area (Å²) in [6.07, 6.45) is -0.577. The van der Waals surface area contributed by atoms with Crippen molar-refractivity contribution in [3.8, 4) is 0 Å². The van der Waals surface area contributed by atoms with Crippen LogP contribution >= 0.6 is 10.7 Å². The lowest BCUT2D eigenvalue weighted by Crippen LogP contribution is -2.54. The largest absolute Gasteiger partial charge is 0.444 e. The Morgan fingerprint density at radius 2 is 1.13 bits per heavy atom. The highest BCUT2D eigenvalue weighted by Crippen LogP contribution is 2.20. The number of nitrogens with zero attached hydrogens (tertiary/aromatic N) is 2. The third kappa shape index (κ3) is 13.9. The van der Waals surface area contributed by atoms with Crippen molar-refractivity contribution in [3.05, 3.63) is 60.7 Å². The van der Waals surface area contributed by atoms with E-state index in [1.165, 1.54) is 12.1 Å². The highest BCUT2D eigenvalue weighted by atomic mass is 35.7. The van der Waals surface area contributed by atoms with E-state index in [-0.39, 0.29) is 27.9 Å². The van der Waals surface area contributed by atoms with Gasteiger partial charge in [0.05, 0.1) is 9.79 Å². The predicted octanol–water partition coefficient (Wildman–Crippen LogP) is 4.26. The van der Waals surface area contributed by atoms with E-state index in [1.807, 2.05) is 41.5 Å². The van der Waals surface area contributed by atoms with E-state index in [0.29, 0.717) is 32.1 Å². The van der Waals surface area contributed by atoms with Crippen LogP contribution in [0.5, 0.6) is 0 Å². The van der Waals surface area contributed by atoms with Gasteiger partial charge in [0, 0.05) is 55.2 Å². The molecule has 2 aliphatic rings. The van der Waals surface area contributed by atoms with Crippen LogP contribution in [0.2, 0.25) is 0 Å². The third-order valence-corrected chi connectivity index (χ3v) is 9.00. The van der Waals surface area contributed by atoms with Gasteiger partial charge in [-0.1, -0.05) is 36.4 Å². The summed E-state index contributed by atoms with van der Waals surface area (Å²) in [6, 6.07) is 16.1. The van der Waals surface area contributed by atoms with Gasteiger partial charge in [0.25, 0.3) is 9.05 Å². The zero-order valence-electron chi connectivity index (χ0n) is 26.6. The Kier molecular flexibility index (Phi) is 13.7. The number of nitrogens with two attached hydrogens (primary N) is 1. The molecule has 2 amide bonds. The minimum Gasteiger partial charge on any atom is -0.444 e. The molecule has 2 saturated heterocycles. The number of ether oxygens (including phenoxy) is 2. The summed E-state index contributed by atoms with van der Waals surface area (Å²) in [7, 11) is -1.98. The lowest BCUT2D eigenvalue weighted by atomic mass is 10.0. The fraction of sp³-hybridized carbons (Fsp3) is 0.533. The van der Waals surface area contributed by atoms with Crippen LogP contribution in [-0.4, -0.2) is 89.3 Å². The van der Waals surface area contributed by atoms with Crippen molar-refractivity contribution in [2.75, 3.05) is 39.3 Å². The van der Waals surface area contributed by atoms with Gasteiger partial charge in [-0.3, -0.25) is 0 Å². The maximum atomic E-state index is 12.1. The molecule has 45 heavy (non-hydrogen) atoms. The van der Waals surface area contributed by atoms with Crippen molar-refractivity contribution in [1.29, 1.82) is 0 Å². The number of hydrogen-bond donors (Lipinski definition) is 2. The Labute approximate surface area is 271 Å². The van der Waals surface area contributed by atoms with Crippen LogP contribution < -0.4 is 10.5 Å². The minimum absolute atomic E-state index is 0.117. The number of carbonyl (C=O) groups is 2. The number of likely N-dealkylation sites (tertiary alicyclic amines) is 2. The summed E-state index contributed by atoms with van der Waals surface area (Å²) >= 11 is 0. The average molecular weight is 689 g/mol. The number of carbonyl (C=O) groups excluding carboxylic acids is 2. The van der Waals surface area contributed by atoms with Gasteiger partial charge in [-0.05, 0) is 72.4 Å². The Morgan fingerprint density at radius 1 is 0.756 bits per heavy atom. The molecule has 0 spiro atoms. The van der Waals surface area contributed by atoms with Crippen LogP contribution in [0.1, 0.15) is 41.5 Å². The van der Waals surface area contributed by atoms with Crippen molar-refractivity contribution in [1.82, 2.24) is 14.5 Å². The molecule has 2 aromatic carbocycles. The van der Waals surface area contributed by atoms with E-state index >= 15 is 0 Å². The van der Waals surface area contributed by atoms with Gasteiger partial charge < -0.3 is 25.0 Å². The second kappa shape index (κ2) is 16.1. The van der Waals surface area contributed by atoms with Crippen molar-refractivity contribution >= 4 is 41.9 Å². The molecule has 12 nitrogen and oxygen atoms in total. The summed E-state index contributed by atoms with van der Waals surface area (Å²) in [5.41, 5.74) is 4.53. The van der Waals surface area contributed by atoms with Crippen LogP contribution in [-0.2, 0) is 28.5 Å². The first-order chi connectivity index (χ1) is 20.7. The molecule has 0 aliphatic carbocycles. The van der Waals surface area contributed by atoms with Crippen molar-refractivity contribution in [2.24, 2.45) is 17.6 Å². The molecule has 0 radical (unpaired) electrons. The average Bonchev–Trinajstić information content (AvgIpc) is 2.86. The van der Waals surface area contributed by atoms with Gasteiger partial charge in [-0.2, -0.15) is 0 Å². The van der Waals surface area contributed by atoms with Crippen LogP contribution in [0, 0.1) is 11.8 Å². The van der Waals surface area contributed by atoms with Crippen LogP contribution in [0.3, 0.4) is 0 Å². The summed E-state index contributed by atoms with van der Waals surface area (Å²) in [5, 5.41) is 0. The molecule has 2 fully saturated rings. The molecular weight excluding hydrogens is 644 g/mol. The lowest BCUT2D eigenvalue weighted by molar-refractivity contribution is -0.000755. The van der Waals surface area contributed by atoms with Crippen molar-refractivity contribution in [2.45, 2.75) is 62.5 Å². The number of hydrogen-bond acceptors (Lipinski definition) is 9. The second-order valence-electron chi connectivity index (χ2n) is 12.7. The Bertz CT molecular complexity index is 1450. The standard InChI is InChI=1S/C15H22N2O4S.C9H18N2O2.C6H5ClO2S/c1-15(2,3)21-14(18)17-10-12(11-17)9-16-22(19,20)13-7-5-4-6-8-13;1-9(2,3)13-8(12)11-5-7(4-10)6-11;7-10(8,9)6-4-2-1-3-5-6/h4-8,12,16H,9-11H2,1-3H3;7H,4-6,10H2,1-3H3;1-5H. The number of benzene rings is 2. The molecular formula is C30H45ClN4O8S2. The van der Waals surface area contributed by atoms with Gasteiger partial charge >= 0.3 is 12.2 Å². The van der Waals surface area contributed by atoms with Gasteiger partial charge in [-0.15, -0.1) is 0 Å². The minimum atomic E-state index is -3.53. The van der Waals surface area contributed by atoms with E-state index in [0.717, 1.165) is 13.1 Å². The fourth-order valence-electron chi connectivity index (χ4n) is 3.86. The SMILES string of the molecule is CC(C)(C)OC(=O)N1CC(CN)C1.CC(C)(C)OC(=O)N1CC(CNS(=O)(=O)c2ccccc2)C1.O=S(=O)(Cl)c1ccccc1. The number of sulfonamides is 1. The maximum Gasteiger partial charge on any atom is 0.410 e. The zero-order chi connectivity index (χ0) is 34.1. The van der Waals surface area contributed by atoms with Gasteiger partial charge in [0.15, 0.2) is 0 Å². The lowest BCUT2D eigenvalue weighted by Gasteiger charge is -2.39. The van der Waals surface area contributed by atoms with Gasteiger partial charge in [0.1, 0.15) is 11.2 Å². The van der Waals surface area contributed by atoms with Gasteiger partial charge in [0.2, 0.25) is 10.0 Å². The van der Waals surface area contributed by atoms with E-state index in [4.69, 9.17) is 25.9 Å². The first-order valence-electron chi connectivity index (χ1n) is 14.4. The number of nitrogens with one attached hydrogen (secondary N) is 1. The Balaban J connectivity index is 0.000000259. The summed E-state index contributed by atoms with van der Waals surface area (Å²) in [5.74, 6) is 0.582. The molecule has 2 heterocycles. The maximum absolute atomic E-state index is 12.1. The summed E-state index contributed by atoms with van der Waals surface area (Å²) in [4.78, 5) is 26.8. The topological polar surface area (TPSA) is 165 Å². The normalized spacial score (nSPS) is 15.7. The molecule has 0 aromatic heterocycles. The Hall–Kier alpha value is -2.91. The smallest absolute Gasteiger partial charge is 0.410 e. The first kappa shape index (κ1) is 38.3. The summed E-state index contributed by atoms with van der Waals surface area (Å²) < 4.78 is 58.3. The monoisotopic (exact) mass is 688 g/mol. The molecule has 2 aromatic rings. The molecule has 15 heteroatoms. The molecule has 0 atom stereocenters. The van der Waals surface area contributed by atoms with Crippen LogP contribution in [0.4, 0.5) is 9.59 Å². The molecule has 252 valence electrons. The first-order valence-corrected chi connectivity index (χ1v) is 18.2. The molecule has 0 saturated carbocycles. The second-order valence-corrected chi connectivity index (χ2v) is 17.0. The van der Waals surface area contributed by atoms with E-state index < -0.39 is 30.3 Å². The highest BCUT2D eigenvalue weighted by molar-refractivity contribution is 8.13. The molecule has 0 unspecified atom stereocenters. The van der Waals surface area contributed by atoms with Gasteiger partial charge in [-0.25, -0.2) is 31.1 Å². The summed E-state index contributed by atoms with van der Waals surface area (Å²) in [6.45, 7) is 14.5. The molecule has 3 N–H and O–H groups in total. The quantitative estimate of drug-likeness (QED) is 0.422. The molecule has 2 aliphatic heterocycles. The fourth-order valence-corrected chi connectivity index (χ4v) is 5.79. The van der Waals surface area contributed by atoms with E-state index in [1.54, 1.807) is 58.3 Å². The Morgan fingerprint density at radius 3 is 1.47 bits per heavy atom. The van der Waals surface area contributed by atoms with Crippen LogP contribution in [0.25, 0.3) is 0 Å². The predicted molar refractivity (Wildman–Crippen MR) is 173 cm³/mol. The number of amides is 2. The molecule has 0 bridgehead atoms. The number of halogens is 1. The van der Waals surface area contributed by atoms with Crippen molar-refractivity contribution < 1.29 is 35.9 Å². The van der Waals surface area contributed by atoms with Crippen LogP contribution in [0.15, 0.2) is 70.5 Å². The van der Waals surface area contributed by atoms with Crippen molar-refractivity contribution in [3.63, 3.8) is 0 Å². The highest BCUT2D eigenvalue weighted by Gasteiger charge is 2.34. The third-order valence-electron chi connectivity index (χ3n) is 6.19. The van der Waals surface area contributed by atoms with E-state index in [2.05, 4.69) is 4.72 Å².